The number of amides is 1. The molecular weight excluding hydrogens is 256 g/mol. The van der Waals surface area contributed by atoms with Crippen LogP contribution >= 0.6 is 0 Å². The summed E-state index contributed by atoms with van der Waals surface area (Å²) in [4.78, 5) is 15.2. The summed E-state index contributed by atoms with van der Waals surface area (Å²) < 4.78 is 11.4. The molecule has 2 heterocycles. The van der Waals surface area contributed by atoms with E-state index in [1.807, 2.05) is 18.2 Å². The van der Waals surface area contributed by atoms with Gasteiger partial charge in [0.05, 0.1) is 5.92 Å². The Morgan fingerprint density at radius 3 is 2.75 bits per heavy atom. The summed E-state index contributed by atoms with van der Waals surface area (Å²) in [7, 11) is 0. The van der Waals surface area contributed by atoms with Gasteiger partial charge >= 0.3 is 0 Å². The number of aromatic nitrogens is 1. The molecule has 2 aliphatic rings. The van der Waals surface area contributed by atoms with Crippen molar-refractivity contribution in [3.05, 3.63) is 48.3 Å². The Bertz CT molecular complexity index is 687. The van der Waals surface area contributed by atoms with Gasteiger partial charge in [-0.3, -0.25) is 9.78 Å². The highest BCUT2D eigenvalue weighted by Gasteiger charge is 2.62. The van der Waals surface area contributed by atoms with Crippen LogP contribution in [0.5, 0.6) is 17.2 Å². The third kappa shape index (κ3) is 1.63. The Morgan fingerprint density at radius 2 is 2.00 bits per heavy atom. The fourth-order valence-corrected chi connectivity index (χ4v) is 2.79. The van der Waals surface area contributed by atoms with Gasteiger partial charge in [0.15, 0.2) is 0 Å². The molecule has 1 fully saturated rings. The first-order valence-corrected chi connectivity index (χ1v) is 6.42. The minimum atomic E-state index is -0.300. The van der Waals surface area contributed by atoms with Crippen molar-refractivity contribution in [2.24, 2.45) is 11.7 Å². The van der Waals surface area contributed by atoms with Gasteiger partial charge in [-0.1, -0.05) is 0 Å². The predicted octanol–water partition coefficient (Wildman–Crippen LogP) is 1.83. The third-order valence-electron chi connectivity index (χ3n) is 3.77. The first-order valence-electron chi connectivity index (χ1n) is 6.42. The molecule has 1 amide bonds. The average molecular weight is 268 g/mol. The van der Waals surface area contributed by atoms with Crippen molar-refractivity contribution in [1.82, 2.24) is 4.98 Å². The zero-order chi connectivity index (χ0) is 13.7. The molecule has 1 aromatic heterocycles. The third-order valence-corrected chi connectivity index (χ3v) is 3.77. The number of rotatable bonds is 3. The van der Waals surface area contributed by atoms with Crippen LogP contribution in [0.4, 0.5) is 0 Å². The van der Waals surface area contributed by atoms with Gasteiger partial charge in [-0.15, -0.1) is 0 Å². The zero-order valence-electron chi connectivity index (χ0n) is 10.5. The zero-order valence-corrected chi connectivity index (χ0v) is 10.5. The van der Waals surface area contributed by atoms with E-state index in [9.17, 15) is 4.79 Å². The quantitative estimate of drug-likeness (QED) is 0.921. The second-order valence-electron chi connectivity index (χ2n) is 5.02. The Balaban J connectivity index is 1.61. The molecule has 1 aliphatic heterocycles. The lowest BCUT2D eigenvalue weighted by Crippen LogP contribution is -2.18. The fraction of sp³-hybridized carbons (Fsp3) is 0.200. The summed E-state index contributed by atoms with van der Waals surface area (Å²) in [5.74, 6) is 1.85. The van der Waals surface area contributed by atoms with Gasteiger partial charge in [-0.2, -0.15) is 0 Å². The molecule has 2 aromatic rings. The number of ether oxygens (including phenoxy) is 2. The molecule has 0 bridgehead atoms. The molecule has 20 heavy (non-hydrogen) atoms. The van der Waals surface area contributed by atoms with E-state index in [0.29, 0.717) is 5.75 Å². The van der Waals surface area contributed by atoms with Crippen molar-refractivity contribution in [1.29, 1.82) is 0 Å². The standard InChI is InChI=1S/C15H12N2O3/c16-15(18)13-12-10-7-9(1-2-11(10)20-14(12)13)19-8-3-5-17-6-4-8/h1-7,12-14H,(H2,16,18)/t12-,13-,14-/m0/s1. The van der Waals surface area contributed by atoms with Crippen molar-refractivity contribution in [3.63, 3.8) is 0 Å². The van der Waals surface area contributed by atoms with Crippen LogP contribution in [-0.4, -0.2) is 17.0 Å². The SMILES string of the molecule is NC(=O)[C@@H]1[C@H]2Oc3ccc(Oc4ccncc4)cc3[C@H]21. The van der Waals surface area contributed by atoms with Gasteiger partial charge in [0.25, 0.3) is 0 Å². The highest BCUT2D eigenvalue weighted by molar-refractivity contribution is 5.84. The highest BCUT2D eigenvalue weighted by Crippen LogP contribution is 2.58. The summed E-state index contributed by atoms with van der Waals surface area (Å²) in [5, 5.41) is 0. The van der Waals surface area contributed by atoms with E-state index in [4.69, 9.17) is 15.2 Å². The van der Waals surface area contributed by atoms with Crippen molar-refractivity contribution in [2.45, 2.75) is 12.0 Å². The Kier molecular flexibility index (Phi) is 2.24. The van der Waals surface area contributed by atoms with Gasteiger partial charge in [0.1, 0.15) is 23.4 Å². The van der Waals surface area contributed by atoms with Crippen molar-refractivity contribution in [2.75, 3.05) is 0 Å². The van der Waals surface area contributed by atoms with Gasteiger partial charge < -0.3 is 15.2 Å². The van der Waals surface area contributed by atoms with Gasteiger partial charge in [0.2, 0.25) is 5.91 Å². The topological polar surface area (TPSA) is 74.4 Å². The van der Waals surface area contributed by atoms with Crippen LogP contribution in [0.15, 0.2) is 42.7 Å². The number of benzene rings is 1. The van der Waals surface area contributed by atoms with Crippen LogP contribution in [0.3, 0.4) is 0 Å². The number of carbonyl (C=O) groups excluding carboxylic acids is 1. The Morgan fingerprint density at radius 1 is 1.20 bits per heavy atom. The minimum Gasteiger partial charge on any atom is -0.489 e. The summed E-state index contributed by atoms with van der Waals surface area (Å²) in [6.45, 7) is 0. The molecule has 5 heteroatoms. The highest BCUT2D eigenvalue weighted by atomic mass is 16.5. The maximum Gasteiger partial charge on any atom is 0.225 e. The van der Waals surface area contributed by atoms with E-state index in [2.05, 4.69) is 4.98 Å². The molecule has 0 radical (unpaired) electrons. The lowest BCUT2D eigenvalue weighted by molar-refractivity contribution is -0.119. The van der Waals surface area contributed by atoms with Gasteiger partial charge in [-0.25, -0.2) is 0 Å². The molecular formula is C15H12N2O3. The van der Waals surface area contributed by atoms with E-state index >= 15 is 0 Å². The Labute approximate surface area is 115 Å². The van der Waals surface area contributed by atoms with E-state index < -0.39 is 0 Å². The van der Waals surface area contributed by atoms with Crippen LogP contribution in [0.1, 0.15) is 11.5 Å². The van der Waals surface area contributed by atoms with E-state index in [-0.39, 0.29) is 23.8 Å². The van der Waals surface area contributed by atoms with Crippen LogP contribution in [0.25, 0.3) is 0 Å². The van der Waals surface area contributed by atoms with E-state index in [1.165, 1.54) is 0 Å². The number of nitrogens with two attached hydrogens (primary N) is 1. The van der Waals surface area contributed by atoms with Gasteiger partial charge in [-0.05, 0) is 30.3 Å². The van der Waals surface area contributed by atoms with E-state index in [0.717, 1.165) is 17.1 Å². The predicted molar refractivity (Wildman–Crippen MR) is 70.6 cm³/mol. The molecule has 1 saturated carbocycles. The number of primary amides is 1. The lowest BCUT2D eigenvalue weighted by Gasteiger charge is -2.09. The number of fused-ring (bicyclic) bond motifs is 3. The molecule has 1 aliphatic carbocycles. The fourth-order valence-electron chi connectivity index (χ4n) is 2.79. The Hall–Kier alpha value is -2.56. The molecule has 100 valence electrons. The molecule has 0 unspecified atom stereocenters. The summed E-state index contributed by atoms with van der Waals surface area (Å²) >= 11 is 0. The lowest BCUT2D eigenvalue weighted by atomic mass is 10.1. The first-order chi connectivity index (χ1) is 9.74. The minimum absolute atomic E-state index is 0.0846. The normalized spacial score (nSPS) is 25.3. The van der Waals surface area contributed by atoms with Crippen LogP contribution in [-0.2, 0) is 4.79 Å². The molecule has 4 rings (SSSR count). The van der Waals surface area contributed by atoms with Crippen LogP contribution in [0, 0.1) is 5.92 Å². The van der Waals surface area contributed by atoms with Crippen LogP contribution in [0.2, 0.25) is 0 Å². The molecule has 5 nitrogen and oxygen atoms in total. The van der Waals surface area contributed by atoms with Crippen molar-refractivity contribution < 1.29 is 14.3 Å². The summed E-state index contributed by atoms with van der Waals surface area (Å²) in [6.07, 6.45) is 3.26. The second kappa shape index (κ2) is 3.96. The number of hydrogen-bond acceptors (Lipinski definition) is 4. The number of hydrogen-bond donors (Lipinski definition) is 1. The molecule has 2 N–H and O–H groups in total. The summed E-state index contributed by atoms with van der Waals surface area (Å²) in [6, 6.07) is 9.22. The van der Waals surface area contributed by atoms with Crippen LogP contribution < -0.4 is 15.2 Å². The molecule has 0 saturated heterocycles. The van der Waals surface area contributed by atoms with Crippen molar-refractivity contribution in [3.8, 4) is 17.2 Å². The second-order valence-corrected chi connectivity index (χ2v) is 5.02. The summed E-state index contributed by atoms with van der Waals surface area (Å²) in [5.41, 5.74) is 6.35. The smallest absolute Gasteiger partial charge is 0.225 e. The largest absolute Gasteiger partial charge is 0.489 e. The molecule has 0 spiro atoms. The van der Waals surface area contributed by atoms with Crippen molar-refractivity contribution >= 4 is 5.91 Å². The van der Waals surface area contributed by atoms with E-state index in [1.54, 1.807) is 24.5 Å². The number of carbonyl (C=O) groups is 1. The van der Waals surface area contributed by atoms with Gasteiger partial charge in [0, 0.05) is 23.9 Å². The molecule has 3 atom stereocenters. The maximum atomic E-state index is 11.3. The first kappa shape index (κ1) is 11.3. The molecule has 1 aromatic carbocycles. The number of nitrogens with zero attached hydrogens (tertiary/aromatic N) is 1. The monoisotopic (exact) mass is 268 g/mol. The number of pyridine rings is 1. The maximum absolute atomic E-state index is 11.3. The average Bonchev–Trinajstić information content (AvgIpc) is 3.05.